The number of hydrogen-bond acceptors (Lipinski definition) is 5. The van der Waals surface area contributed by atoms with Gasteiger partial charge in [-0.2, -0.15) is 0 Å². The number of carbonyl (C=O) groups is 2. The minimum absolute atomic E-state index is 0.150. The van der Waals surface area contributed by atoms with Crippen molar-refractivity contribution in [3.8, 4) is 0 Å². The SMILES string of the molecule is CC(C)(C)OC(=O)N(c1ncccn1)C1CCC(C(=O)O)CC1. The van der Waals surface area contributed by atoms with E-state index in [9.17, 15) is 9.59 Å². The summed E-state index contributed by atoms with van der Waals surface area (Å²) in [7, 11) is 0. The lowest BCUT2D eigenvalue weighted by Crippen LogP contribution is -2.46. The Kier molecular flexibility index (Phi) is 5.18. The molecule has 0 spiro atoms. The highest BCUT2D eigenvalue weighted by Crippen LogP contribution is 2.30. The van der Waals surface area contributed by atoms with E-state index in [1.165, 1.54) is 4.90 Å². The molecule has 1 fully saturated rings. The first kappa shape index (κ1) is 17.2. The van der Waals surface area contributed by atoms with E-state index in [-0.39, 0.29) is 12.0 Å². The van der Waals surface area contributed by atoms with Crippen LogP contribution in [0.2, 0.25) is 0 Å². The van der Waals surface area contributed by atoms with Crippen LogP contribution in [0.5, 0.6) is 0 Å². The Balaban J connectivity index is 2.18. The number of carboxylic acid groups (broad SMARTS) is 1. The van der Waals surface area contributed by atoms with Crippen LogP contribution in [0.25, 0.3) is 0 Å². The molecule has 0 atom stereocenters. The molecule has 0 unspecified atom stereocenters. The number of aliphatic carboxylic acids is 1. The van der Waals surface area contributed by atoms with Crippen LogP contribution in [0.15, 0.2) is 18.5 Å². The molecule has 0 aromatic carbocycles. The van der Waals surface area contributed by atoms with Crippen molar-refractivity contribution in [1.82, 2.24) is 9.97 Å². The van der Waals surface area contributed by atoms with Gasteiger partial charge in [-0.1, -0.05) is 0 Å². The quantitative estimate of drug-likeness (QED) is 0.920. The van der Waals surface area contributed by atoms with Crippen molar-refractivity contribution >= 4 is 18.0 Å². The van der Waals surface area contributed by atoms with E-state index in [2.05, 4.69) is 9.97 Å². The zero-order chi connectivity index (χ0) is 17.0. The molecule has 23 heavy (non-hydrogen) atoms. The zero-order valence-electron chi connectivity index (χ0n) is 13.7. The molecule has 1 aliphatic rings. The molecule has 1 aromatic heterocycles. The van der Waals surface area contributed by atoms with Crippen molar-refractivity contribution in [3.05, 3.63) is 18.5 Å². The number of nitrogens with zero attached hydrogens (tertiary/aromatic N) is 3. The van der Waals surface area contributed by atoms with E-state index < -0.39 is 17.7 Å². The summed E-state index contributed by atoms with van der Waals surface area (Å²) in [5, 5.41) is 9.11. The molecule has 0 bridgehead atoms. The summed E-state index contributed by atoms with van der Waals surface area (Å²) in [6.45, 7) is 5.41. The molecule has 1 aliphatic carbocycles. The van der Waals surface area contributed by atoms with Gasteiger partial charge in [-0.05, 0) is 52.5 Å². The number of carbonyl (C=O) groups excluding carboxylic acids is 1. The number of rotatable bonds is 3. The van der Waals surface area contributed by atoms with Gasteiger partial charge in [0.25, 0.3) is 0 Å². The summed E-state index contributed by atoms with van der Waals surface area (Å²) in [5.41, 5.74) is -0.623. The van der Waals surface area contributed by atoms with E-state index >= 15 is 0 Å². The Morgan fingerprint density at radius 3 is 2.22 bits per heavy atom. The molecule has 1 heterocycles. The first-order valence-electron chi connectivity index (χ1n) is 7.80. The van der Waals surface area contributed by atoms with Crippen LogP contribution in [-0.2, 0) is 9.53 Å². The Morgan fingerprint density at radius 1 is 1.17 bits per heavy atom. The van der Waals surface area contributed by atoms with Crippen LogP contribution in [0, 0.1) is 5.92 Å². The molecule has 2 rings (SSSR count). The predicted octanol–water partition coefficient (Wildman–Crippen LogP) is 2.86. The van der Waals surface area contributed by atoms with E-state index in [1.807, 2.05) is 0 Å². The fraction of sp³-hybridized carbons (Fsp3) is 0.625. The van der Waals surface area contributed by atoms with Gasteiger partial charge in [-0.3, -0.25) is 4.79 Å². The van der Waals surface area contributed by atoms with Gasteiger partial charge in [-0.25, -0.2) is 19.7 Å². The number of anilines is 1. The number of ether oxygens (including phenoxy) is 1. The highest BCUT2D eigenvalue weighted by Gasteiger charge is 2.35. The second-order valence-corrected chi connectivity index (χ2v) is 6.74. The van der Waals surface area contributed by atoms with Crippen LogP contribution in [0.4, 0.5) is 10.7 Å². The fourth-order valence-corrected chi connectivity index (χ4v) is 2.70. The largest absolute Gasteiger partial charge is 0.481 e. The molecule has 1 aromatic rings. The number of aromatic nitrogens is 2. The molecule has 1 amide bonds. The van der Waals surface area contributed by atoms with Crippen LogP contribution in [0.3, 0.4) is 0 Å². The Bertz CT molecular complexity index is 548. The molecular formula is C16H23N3O4. The molecular weight excluding hydrogens is 298 g/mol. The minimum atomic E-state index is -0.775. The van der Waals surface area contributed by atoms with Crippen molar-refractivity contribution in [2.75, 3.05) is 4.90 Å². The van der Waals surface area contributed by atoms with E-state index in [0.29, 0.717) is 31.6 Å². The summed E-state index contributed by atoms with van der Waals surface area (Å²) in [4.78, 5) is 33.4. The van der Waals surface area contributed by atoms with Gasteiger partial charge in [0.05, 0.1) is 5.92 Å². The van der Waals surface area contributed by atoms with Gasteiger partial charge < -0.3 is 9.84 Å². The summed E-state index contributed by atoms with van der Waals surface area (Å²) in [5.74, 6) is -0.827. The molecule has 0 saturated heterocycles. The highest BCUT2D eigenvalue weighted by molar-refractivity contribution is 5.86. The highest BCUT2D eigenvalue weighted by atomic mass is 16.6. The molecule has 1 N–H and O–H groups in total. The summed E-state index contributed by atoms with van der Waals surface area (Å²) < 4.78 is 5.47. The third kappa shape index (κ3) is 4.64. The Hall–Kier alpha value is -2.18. The predicted molar refractivity (Wildman–Crippen MR) is 84.1 cm³/mol. The smallest absolute Gasteiger partial charge is 0.417 e. The monoisotopic (exact) mass is 321 g/mol. The van der Waals surface area contributed by atoms with Crippen molar-refractivity contribution in [2.45, 2.75) is 58.1 Å². The van der Waals surface area contributed by atoms with Crippen LogP contribution in [-0.4, -0.2) is 38.8 Å². The second-order valence-electron chi connectivity index (χ2n) is 6.74. The summed E-state index contributed by atoms with van der Waals surface area (Å²) in [6.07, 6.45) is 4.90. The van der Waals surface area contributed by atoms with Gasteiger partial charge in [-0.15, -0.1) is 0 Å². The van der Waals surface area contributed by atoms with Gasteiger partial charge in [0.1, 0.15) is 5.60 Å². The number of carboxylic acids is 1. The third-order valence-corrected chi connectivity index (χ3v) is 3.77. The van der Waals surface area contributed by atoms with Crippen molar-refractivity contribution in [2.24, 2.45) is 5.92 Å². The molecule has 1 saturated carbocycles. The Labute approximate surface area is 135 Å². The minimum Gasteiger partial charge on any atom is -0.481 e. The molecule has 0 radical (unpaired) electrons. The van der Waals surface area contributed by atoms with Crippen LogP contribution in [0.1, 0.15) is 46.5 Å². The average Bonchev–Trinajstić information content (AvgIpc) is 2.47. The van der Waals surface area contributed by atoms with Gasteiger partial charge >= 0.3 is 12.1 Å². The average molecular weight is 321 g/mol. The maximum atomic E-state index is 12.6. The van der Waals surface area contributed by atoms with Gasteiger partial charge in [0.15, 0.2) is 0 Å². The normalized spacial score (nSPS) is 21.5. The maximum Gasteiger partial charge on any atom is 0.417 e. The topological polar surface area (TPSA) is 92.6 Å². The molecule has 0 aliphatic heterocycles. The van der Waals surface area contributed by atoms with E-state index in [0.717, 1.165) is 0 Å². The van der Waals surface area contributed by atoms with Gasteiger partial charge in [0, 0.05) is 18.4 Å². The van der Waals surface area contributed by atoms with Crippen LogP contribution < -0.4 is 4.90 Å². The first-order valence-corrected chi connectivity index (χ1v) is 7.80. The summed E-state index contributed by atoms with van der Waals surface area (Å²) in [6, 6.07) is 1.53. The molecule has 7 heteroatoms. The van der Waals surface area contributed by atoms with Crippen molar-refractivity contribution in [3.63, 3.8) is 0 Å². The lowest BCUT2D eigenvalue weighted by atomic mass is 9.85. The lowest BCUT2D eigenvalue weighted by Gasteiger charge is -2.35. The number of amides is 1. The number of hydrogen-bond donors (Lipinski definition) is 1. The first-order chi connectivity index (χ1) is 10.8. The van der Waals surface area contributed by atoms with Crippen molar-refractivity contribution < 1.29 is 19.4 Å². The van der Waals surface area contributed by atoms with E-state index in [4.69, 9.17) is 9.84 Å². The van der Waals surface area contributed by atoms with Crippen molar-refractivity contribution in [1.29, 1.82) is 0 Å². The molecule has 7 nitrogen and oxygen atoms in total. The van der Waals surface area contributed by atoms with Gasteiger partial charge in [0.2, 0.25) is 5.95 Å². The Morgan fingerprint density at radius 2 is 1.74 bits per heavy atom. The third-order valence-electron chi connectivity index (χ3n) is 3.77. The maximum absolute atomic E-state index is 12.6. The lowest BCUT2D eigenvalue weighted by molar-refractivity contribution is -0.142. The summed E-state index contributed by atoms with van der Waals surface area (Å²) >= 11 is 0. The fourth-order valence-electron chi connectivity index (χ4n) is 2.70. The molecule has 126 valence electrons. The van der Waals surface area contributed by atoms with E-state index in [1.54, 1.807) is 39.2 Å². The second kappa shape index (κ2) is 6.93. The zero-order valence-corrected chi connectivity index (χ0v) is 13.7. The standard InChI is InChI=1S/C16H23N3O4/c1-16(2,3)23-15(22)19(14-17-9-4-10-18-14)12-7-5-11(6-8-12)13(20)21/h4,9-12H,5-8H2,1-3H3,(H,20,21). The van der Waals surface area contributed by atoms with Crippen LogP contribution >= 0.6 is 0 Å².